The van der Waals surface area contributed by atoms with Crippen LogP contribution in [0, 0.1) is 0 Å². The number of aromatic nitrogens is 4. The lowest BCUT2D eigenvalue weighted by Gasteiger charge is -2.19. The van der Waals surface area contributed by atoms with Crippen LogP contribution < -0.4 is 10.5 Å². The van der Waals surface area contributed by atoms with Gasteiger partial charge in [0.2, 0.25) is 5.50 Å². The number of aliphatic hydroxyl groups excluding tert-OH is 2. The summed E-state index contributed by atoms with van der Waals surface area (Å²) < 4.78 is 39.5. The topological polar surface area (TPSA) is 146 Å². The number of nitrogens with two attached hydrogens (primary N) is 1. The van der Waals surface area contributed by atoms with Crippen molar-refractivity contribution in [1.29, 1.82) is 0 Å². The van der Waals surface area contributed by atoms with E-state index in [1.54, 1.807) is 12.1 Å². The van der Waals surface area contributed by atoms with Crippen molar-refractivity contribution in [2.45, 2.75) is 34.9 Å². The second-order valence-electron chi connectivity index (χ2n) is 6.38. The summed E-state index contributed by atoms with van der Waals surface area (Å²) in [6.07, 6.45) is -3.34. The maximum Gasteiger partial charge on any atom is 0.207 e. The zero-order valence-electron chi connectivity index (χ0n) is 15.1. The summed E-state index contributed by atoms with van der Waals surface area (Å²) in [5, 5.41) is 20.8. The van der Waals surface area contributed by atoms with Gasteiger partial charge in [0, 0.05) is 4.90 Å². The van der Waals surface area contributed by atoms with Crippen LogP contribution in [0.4, 0.5) is 10.2 Å². The van der Waals surface area contributed by atoms with Gasteiger partial charge < -0.3 is 25.4 Å². The smallest absolute Gasteiger partial charge is 0.207 e. The molecule has 0 spiro atoms. The number of rotatable bonds is 5. The first kappa shape index (κ1) is 19.6. The van der Waals surface area contributed by atoms with Crippen LogP contribution in [0.25, 0.3) is 11.2 Å². The van der Waals surface area contributed by atoms with Gasteiger partial charge in [-0.25, -0.2) is 19.3 Å². The number of imidazole rings is 1. The molecule has 4 rings (SSSR count). The summed E-state index contributed by atoms with van der Waals surface area (Å²) in [4.78, 5) is 12.1. The van der Waals surface area contributed by atoms with Crippen LogP contribution >= 0.6 is 0 Å². The number of methoxy groups -OCH3 is 1. The molecule has 154 valence electrons. The number of halogens is 1. The number of ether oxygens (including phenoxy) is 2. The molecule has 0 bridgehead atoms. The highest BCUT2D eigenvalue weighted by atomic mass is 32.2. The zero-order valence-corrected chi connectivity index (χ0v) is 15.9. The van der Waals surface area contributed by atoms with E-state index in [9.17, 15) is 18.8 Å². The highest BCUT2D eigenvalue weighted by Crippen LogP contribution is 2.35. The average molecular weight is 423 g/mol. The standard InChI is InChI=1S/C17H18FN5O5S/c1-27-8-2-4-9(5-3-8)29(26)14(18)13-11(24)12(25)17(28-13)23-7-22-10-15(19)20-6-21-16(10)23/h2-7,11-14,17,24-25H,1H3,(H2,19,20,21)/t11-,12+,13-,14-,17+,29-/m0/s1. The Hall–Kier alpha value is -2.67. The largest absolute Gasteiger partial charge is 0.497 e. The quantitative estimate of drug-likeness (QED) is 0.521. The van der Waals surface area contributed by atoms with Crippen LogP contribution in [0.1, 0.15) is 6.23 Å². The van der Waals surface area contributed by atoms with Crippen LogP contribution in [0.2, 0.25) is 0 Å². The molecular formula is C17H18FN5O5S. The highest BCUT2D eigenvalue weighted by Gasteiger charge is 2.49. The Balaban J connectivity index is 1.59. The van der Waals surface area contributed by atoms with Gasteiger partial charge in [0.25, 0.3) is 0 Å². The maximum atomic E-state index is 15.0. The Bertz CT molecular complexity index is 1050. The predicted octanol–water partition coefficient (Wildman–Crippen LogP) is 0.140. The molecule has 0 radical (unpaired) electrons. The van der Waals surface area contributed by atoms with Crippen molar-refractivity contribution >= 4 is 27.8 Å². The van der Waals surface area contributed by atoms with Crippen molar-refractivity contribution in [2.75, 3.05) is 12.8 Å². The molecule has 0 saturated carbocycles. The maximum absolute atomic E-state index is 15.0. The van der Waals surface area contributed by atoms with Crippen molar-refractivity contribution in [3.05, 3.63) is 36.9 Å². The van der Waals surface area contributed by atoms with E-state index in [1.807, 2.05) is 0 Å². The minimum atomic E-state index is -2.15. The van der Waals surface area contributed by atoms with Crippen molar-refractivity contribution in [2.24, 2.45) is 0 Å². The van der Waals surface area contributed by atoms with Gasteiger partial charge in [0.15, 0.2) is 17.7 Å². The number of aliphatic hydroxyl groups is 2. The molecule has 1 saturated heterocycles. The van der Waals surface area contributed by atoms with E-state index in [0.717, 1.165) is 0 Å². The normalized spacial score (nSPS) is 26.5. The molecule has 10 nitrogen and oxygen atoms in total. The summed E-state index contributed by atoms with van der Waals surface area (Å²) in [6, 6.07) is 6.01. The van der Waals surface area contributed by atoms with E-state index in [1.165, 1.54) is 36.5 Å². The Kier molecular flexibility index (Phi) is 5.17. The van der Waals surface area contributed by atoms with Gasteiger partial charge in [0.05, 0.1) is 24.2 Å². The van der Waals surface area contributed by atoms with Gasteiger partial charge in [0.1, 0.15) is 35.9 Å². The van der Waals surface area contributed by atoms with Crippen LogP contribution in [0.3, 0.4) is 0 Å². The minimum absolute atomic E-state index is 0.127. The molecule has 2 aromatic heterocycles. The molecule has 12 heteroatoms. The summed E-state index contributed by atoms with van der Waals surface area (Å²) in [5.41, 5.74) is 4.18. The first-order chi connectivity index (χ1) is 13.9. The van der Waals surface area contributed by atoms with Gasteiger partial charge in [-0.1, -0.05) is 0 Å². The molecule has 1 fully saturated rings. The molecule has 6 atom stereocenters. The fourth-order valence-electron chi connectivity index (χ4n) is 3.15. The lowest BCUT2D eigenvalue weighted by Crippen LogP contribution is -2.38. The first-order valence-corrected chi connectivity index (χ1v) is 9.77. The number of benzene rings is 1. The molecular weight excluding hydrogens is 405 g/mol. The lowest BCUT2D eigenvalue weighted by molar-refractivity contribution is -0.0468. The Morgan fingerprint density at radius 3 is 2.66 bits per heavy atom. The van der Waals surface area contributed by atoms with E-state index in [0.29, 0.717) is 5.75 Å². The summed E-state index contributed by atoms with van der Waals surface area (Å²) >= 11 is 0. The molecule has 1 aromatic carbocycles. The number of fused-ring (bicyclic) bond motifs is 1. The molecule has 0 amide bonds. The zero-order chi connectivity index (χ0) is 20.7. The summed E-state index contributed by atoms with van der Waals surface area (Å²) in [5.74, 6) is 0.657. The Labute approximate surface area is 166 Å². The average Bonchev–Trinajstić information content (AvgIpc) is 3.29. The Morgan fingerprint density at radius 2 is 1.97 bits per heavy atom. The number of alkyl halides is 1. The second-order valence-corrected chi connectivity index (χ2v) is 7.90. The van der Waals surface area contributed by atoms with E-state index >= 15 is 0 Å². The molecule has 3 aromatic rings. The molecule has 3 heterocycles. The third-order valence-electron chi connectivity index (χ3n) is 4.69. The number of nitrogen functional groups attached to an aromatic ring is 1. The molecule has 4 N–H and O–H groups in total. The van der Waals surface area contributed by atoms with Crippen molar-refractivity contribution in [1.82, 2.24) is 19.5 Å². The lowest BCUT2D eigenvalue weighted by atomic mass is 10.1. The highest BCUT2D eigenvalue weighted by molar-refractivity contribution is 7.85. The molecule has 1 aliphatic heterocycles. The molecule has 29 heavy (non-hydrogen) atoms. The van der Waals surface area contributed by atoms with Crippen molar-refractivity contribution < 1.29 is 28.3 Å². The van der Waals surface area contributed by atoms with E-state index in [-0.39, 0.29) is 21.9 Å². The monoisotopic (exact) mass is 423 g/mol. The van der Waals surface area contributed by atoms with Gasteiger partial charge in [-0.3, -0.25) is 8.78 Å². The minimum Gasteiger partial charge on any atom is -0.497 e. The first-order valence-electron chi connectivity index (χ1n) is 8.55. The fourth-order valence-corrected chi connectivity index (χ4v) is 4.28. The third kappa shape index (κ3) is 3.33. The summed E-state index contributed by atoms with van der Waals surface area (Å²) in [7, 11) is -0.667. The number of hydrogen-bond acceptors (Lipinski definition) is 9. The van der Waals surface area contributed by atoms with Crippen molar-refractivity contribution in [3.8, 4) is 5.75 Å². The van der Waals surface area contributed by atoms with Gasteiger partial charge in [-0.2, -0.15) is 0 Å². The van der Waals surface area contributed by atoms with Crippen LogP contribution in [0.15, 0.2) is 41.8 Å². The van der Waals surface area contributed by atoms with Crippen LogP contribution in [-0.4, -0.2) is 64.9 Å². The van der Waals surface area contributed by atoms with Crippen molar-refractivity contribution in [3.63, 3.8) is 0 Å². The molecule has 1 aliphatic rings. The molecule has 0 unspecified atom stereocenters. The fraction of sp³-hybridized carbons (Fsp3) is 0.353. The second kappa shape index (κ2) is 7.63. The number of hydrogen-bond donors (Lipinski definition) is 3. The van der Waals surface area contributed by atoms with E-state index < -0.39 is 40.8 Å². The third-order valence-corrected chi connectivity index (χ3v) is 6.11. The van der Waals surface area contributed by atoms with Crippen LogP contribution in [0.5, 0.6) is 5.75 Å². The van der Waals surface area contributed by atoms with Gasteiger partial charge in [-0.05, 0) is 24.3 Å². The Morgan fingerprint density at radius 1 is 1.24 bits per heavy atom. The number of nitrogens with zero attached hydrogens (tertiary/aromatic N) is 4. The predicted molar refractivity (Wildman–Crippen MR) is 100.0 cm³/mol. The van der Waals surface area contributed by atoms with Gasteiger partial charge in [-0.15, -0.1) is 0 Å². The summed E-state index contributed by atoms with van der Waals surface area (Å²) in [6.45, 7) is 0. The van der Waals surface area contributed by atoms with E-state index in [4.69, 9.17) is 15.2 Å². The van der Waals surface area contributed by atoms with Gasteiger partial charge >= 0.3 is 0 Å². The van der Waals surface area contributed by atoms with E-state index in [2.05, 4.69) is 15.0 Å². The SMILES string of the molecule is COc1ccc([S@](=O)[C@H](F)[C@H]2O[C@@H](n3cnc4c(N)ncnc43)[C@H](O)[C@@H]2O)cc1. The van der Waals surface area contributed by atoms with Crippen LogP contribution in [-0.2, 0) is 15.5 Å². The molecule has 0 aliphatic carbocycles. The number of anilines is 1.